The summed E-state index contributed by atoms with van der Waals surface area (Å²) in [6, 6.07) is 9.87. The van der Waals surface area contributed by atoms with E-state index in [2.05, 4.69) is 11.9 Å². The third-order valence-corrected chi connectivity index (χ3v) is 3.88. The third-order valence-electron chi connectivity index (χ3n) is 3.88. The van der Waals surface area contributed by atoms with E-state index in [1.54, 1.807) is 6.20 Å². The lowest BCUT2D eigenvalue weighted by molar-refractivity contribution is -0.00752. The lowest BCUT2D eigenvalue weighted by Crippen LogP contribution is -2.37. The fraction of sp³-hybridized carbons (Fsp3) is 0.438. The van der Waals surface area contributed by atoms with Crippen molar-refractivity contribution in [3.05, 3.63) is 36.5 Å². The van der Waals surface area contributed by atoms with Crippen molar-refractivity contribution in [3.63, 3.8) is 0 Å². The van der Waals surface area contributed by atoms with E-state index < -0.39 is 0 Å². The van der Waals surface area contributed by atoms with Gasteiger partial charge in [-0.1, -0.05) is 13.0 Å². The second-order valence-corrected chi connectivity index (χ2v) is 5.50. The van der Waals surface area contributed by atoms with E-state index in [0.29, 0.717) is 5.92 Å². The van der Waals surface area contributed by atoms with Crippen molar-refractivity contribution in [2.24, 2.45) is 5.92 Å². The van der Waals surface area contributed by atoms with Gasteiger partial charge in [-0.15, -0.1) is 0 Å². The van der Waals surface area contributed by atoms with Gasteiger partial charge in [0.05, 0.1) is 11.6 Å². The largest absolute Gasteiger partial charge is 0.488 e. The van der Waals surface area contributed by atoms with Crippen LogP contribution >= 0.6 is 0 Å². The number of pyridine rings is 1. The Kier molecular flexibility index (Phi) is 3.38. The van der Waals surface area contributed by atoms with Gasteiger partial charge in [-0.3, -0.25) is 4.98 Å². The van der Waals surface area contributed by atoms with Gasteiger partial charge in [-0.05, 0) is 43.4 Å². The second kappa shape index (κ2) is 5.17. The Labute approximate surface area is 113 Å². The highest BCUT2D eigenvalue weighted by molar-refractivity contribution is 5.79. The molecule has 1 aromatic heterocycles. The van der Waals surface area contributed by atoms with Gasteiger partial charge in [0.15, 0.2) is 0 Å². The molecule has 0 saturated heterocycles. The van der Waals surface area contributed by atoms with E-state index in [1.807, 2.05) is 30.3 Å². The molecule has 0 amide bonds. The fourth-order valence-corrected chi connectivity index (χ4v) is 2.73. The Morgan fingerprint density at radius 1 is 1.26 bits per heavy atom. The summed E-state index contributed by atoms with van der Waals surface area (Å²) in [5.74, 6) is 1.41. The van der Waals surface area contributed by atoms with Crippen LogP contribution in [-0.4, -0.2) is 22.3 Å². The van der Waals surface area contributed by atoms with Gasteiger partial charge in [0, 0.05) is 17.6 Å². The van der Waals surface area contributed by atoms with Crippen LogP contribution in [0.25, 0.3) is 10.9 Å². The first-order valence-corrected chi connectivity index (χ1v) is 6.92. The van der Waals surface area contributed by atoms with Gasteiger partial charge in [0.2, 0.25) is 0 Å². The number of hydrogen-bond acceptors (Lipinski definition) is 3. The molecule has 2 aromatic rings. The number of benzene rings is 1. The maximum atomic E-state index is 10.0. The van der Waals surface area contributed by atoms with Gasteiger partial charge in [-0.25, -0.2) is 0 Å². The predicted octanol–water partition coefficient (Wildman–Crippen LogP) is 3.16. The molecule has 1 aromatic carbocycles. The SMILES string of the molecule is CC1CCC(O)C(Oc2ccc3cccnc3c2)C1. The summed E-state index contributed by atoms with van der Waals surface area (Å²) in [5.41, 5.74) is 0.929. The highest BCUT2D eigenvalue weighted by atomic mass is 16.5. The summed E-state index contributed by atoms with van der Waals surface area (Å²) in [5, 5.41) is 11.1. The van der Waals surface area contributed by atoms with Crippen molar-refractivity contribution < 1.29 is 9.84 Å². The molecule has 1 fully saturated rings. The summed E-state index contributed by atoms with van der Waals surface area (Å²) in [6.45, 7) is 2.21. The molecule has 3 unspecified atom stereocenters. The van der Waals surface area contributed by atoms with Crippen LogP contribution in [0.3, 0.4) is 0 Å². The van der Waals surface area contributed by atoms with Crippen LogP contribution in [0.1, 0.15) is 26.2 Å². The minimum Gasteiger partial charge on any atom is -0.488 e. The van der Waals surface area contributed by atoms with Crippen LogP contribution in [0, 0.1) is 5.92 Å². The van der Waals surface area contributed by atoms with Crippen LogP contribution in [0.4, 0.5) is 0 Å². The molecule has 1 aliphatic carbocycles. The molecular formula is C16H19NO2. The molecule has 3 heteroatoms. The minimum atomic E-state index is -0.351. The van der Waals surface area contributed by atoms with Gasteiger partial charge >= 0.3 is 0 Å². The molecule has 1 saturated carbocycles. The number of rotatable bonds is 2. The van der Waals surface area contributed by atoms with Crippen LogP contribution in [0.15, 0.2) is 36.5 Å². The van der Waals surface area contributed by atoms with Crippen molar-refractivity contribution in [1.29, 1.82) is 0 Å². The molecule has 0 radical (unpaired) electrons. The molecule has 0 spiro atoms. The van der Waals surface area contributed by atoms with E-state index in [1.165, 1.54) is 0 Å². The quantitative estimate of drug-likeness (QED) is 0.898. The van der Waals surface area contributed by atoms with Crippen LogP contribution in [0.5, 0.6) is 5.75 Å². The predicted molar refractivity (Wildman–Crippen MR) is 75.2 cm³/mol. The number of nitrogens with zero attached hydrogens (tertiary/aromatic N) is 1. The van der Waals surface area contributed by atoms with E-state index in [9.17, 15) is 5.11 Å². The Balaban J connectivity index is 1.80. The smallest absolute Gasteiger partial charge is 0.125 e. The molecule has 1 N–H and O–H groups in total. The average molecular weight is 257 g/mol. The van der Waals surface area contributed by atoms with Crippen LogP contribution in [0.2, 0.25) is 0 Å². The van der Waals surface area contributed by atoms with Gasteiger partial charge in [0.1, 0.15) is 11.9 Å². The Hall–Kier alpha value is -1.61. The van der Waals surface area contributed by atoms with E-state index >= 15 is 0 Å². The number of fused-ring (bicyclic) bond motifs is 1. The fourth-order valence-electron chi connectivity index (χ4n) is 2.73. The normalized spacial score (nSPS) is 27.4. The molecule has 0 bridgehead atoms. The highest BCUT2D eigenvalue weighted by Crippen LogP contribution is 2.28. The van der Waals surface area contributed by atoms with E-state index in [-0.39, 0.29) is 12.2 Å². The second-order valence-electron chi connectivity index (χ2n) is 5.50. The first-order chi connectivity index (χ1) is 9.22. The third kappa shape index (κ3) is 2.71. The van der Waals surface area contributed by atoms with Crippen molar-refractivity contribution in [2.75, 3.05) is 0 Å². The molecule has 1 aliphatic rings. The first-order valence-electron chi connectivity index (χ1n) is 6.92. The summed E-state index contributed by atoms with van der Waals surface area (Å²) >= 11 is 0. The Morgan fingerprint density at radius 2 is 2.16 bits per heavy atom. The number of aliphatic hydroxyl groups excluding tert-OH is 1. The number of hydrogen-bond donors (Lipinski definition) is 1. The monoisotopic (exact) mass is 257 g/mol. The Bertz CT molecular complexity index is 569. The molecule has 100 valence electrons. The lowest BCUT2D eigenvalue weighted by Gasteiger charge is -2.31. The zero-order chi connectivity index (χ0) is 13.2. The summed E-state index contributed by atoms with van der Waals surface area (Å²) < 4.78 is 5.96. The van der Waals surface area contributed by atoms with Gasteiger partial charge < -0.3 is 9.84 Å². The van der Waals surface area contributed by atoms with Crippen LogP contribution in [-0.2, 0) is 0 Å². The molecule has 3 rings (SSSR count). The number of aliphatic hydroxyl groups is 1. The standard InChI is InChI=1S/C16H19NO2/c1-11-4-7-15(18)16(9-11)19-13-6-5-12-3-2-8-17-14(12)10-13/h2-3,5-6,8,10-11,15-16,18H,4,7,9H2,1H3. The number of aromatic nitrogens is 1. The lowest BCUT2D eigenvalue weighted by atomic mass is 9.86. The average Bonchev–Trinajstić information content (AvgIpc) is 2.43. The van der Waals surface area contributed by atoms with Crippen molar-refractivity contribution in [3.8, 4) is 5.75 Å². The van der Waals surface area contributed by atoms with Gasteiger partial charge in [0.25, 0.3) is 0 Å². The zero-order valence-corrected chi connectivity index (χ0v) is 11.1. The van der Waals surface area contributed by atoms with Crippen molar-refractivity contribution in [2.45, 2.75) is 38.4 Å². The molecule has 0 aliphatic heterocycles. The molecule has 3 nitrogen and oxygen atoms in total. The van der Waals surface area contributed by atoms with Crippen LogP contribution < -0.4 is 4.74 Å². The summed E-state index contributed by atoms with van der Waals surface area (Å²) in [4.78, 5) is 4.33. The molecule has 3 atom stereocenters. The zero-order valence-electron chi connectivity index (χ0n) is 11.1. The van der Waals surface area contributed by atoms with E-state index in [4.69, 9.17) is 4.74 Å². The summed E-state index contributed by atoms with van der Waals surface area (Å²) in [7, 11) is 0. The van der Waals surface area contributed by atoms with E-state index in [0.717, 1.165) is 35.9 Å². The van der Waals surface area contributed by atoms with Crippen molar-refractivity contribution >= 4 is 10.9 Å². The number of ether oxygens (including phenoxy) is 1. The summed E-state index contributed by atoms with van der Waals surface area (Å²) in [6.07, 6.45) is 4.17. The van der Waals surface area contributed by atoms with Gasteiger partial charge in [-0.2, -0.15) is 0 Å². The highest BCUT2D eigenvalue weighted by Gasteiger charge is 2.28. The topological polar surface area (TPSA) is 42.4 Å². The molecule has 1 heterocycles. The van der Waals surface area contributed by atoms with Crippen molar-refractivity contribution in [1.82, 2.24) is 4.98 Å². The minimum absolute atomic E-state index is 0.0927. The maximum Gasteiger partial charge on any atom is 0.125 e. The Morgan fingerprint density at radius 3 is 3.05 bits per heavy atom. The first kappa shape index (κ1) is 12.4. The maximum absolute atomic E-state index is 10.0. The molecule has 19 heavy (non-hydrogen) atoms. The molecular weight excluding hydrogens is 238 g/mol.